The molecule has 20 heavy (non-hydrogen) atoms. The van der Waals surface area contributed by atoms with Crippen molar-refractivity contribution in [2.75, 3.05) is 0 Å². The van der Waals surface area contributed by atoms with Crippen molar-refractivity contribution in [2.45, 2.75) is 32.4 Å². The molecule has 2 rings (SSSR count). The summed E-state index contributed by atoms with van der Waals surface area (Å²) < 4.78 is 2.07. The van der Waals surface area contributed by atoms with Crippen molar-refractivity contribution < 1.29 is 4.92 Å². The van der Waals surface area contributed by atoms with Gasteiger partial charge in [0.25, 0.3) is 5.69 Å². The maximum atomic E-state index is 10.6. The van der Waals surface area contributed by atoms with Crippen LogP contribution in [0.5, 0.6) is 0 Å². The number of nitrogens with two attached hydrogens (primary N) is 1. The van der Waals surface area contributed by atoms with Crippen LogP contribution in [-0.2, 0) is 13.0 Å². The first kappa shape index (κ1) is 14.3. The summed E-state index contributed by atoms with van der Waals surface area (Å²) in [6, 6.07) is 8.91. The normalized spacial score (nSPS) is 12.3. The molecule has 0 aliphatic carbocycles. The molecule has 0 spiro atoms. The summed E-state index contributed by atoms with van der Waals surface area (Å²) in [4.78, 5) is 10.2. The predicted octanol–water partition coefficient (Wildman–Crippen LogP) is 2.72. The van der Waals surface area contributed by atoms with Gasteiger partial charge in [0.1, 0.15) is 0 Å². The van der Waals surface area contributed by atoms with Gasteiger partial charge < -0.3 is 10.3 Å². The molecule has 1 unspecified atom stereocenters. The Balaban J connectivity index is 2.01. The molecule has 106 valence electrons. The molecular weight excluding hydrogens is 254 g/mol. The van der Waals surface area contributed by atoms with Crippen molar-refractivity contribution in [1.82, 2.24) is 4.57 Å². The fourth-order valence-electron chi connectivity index (χ4n) is 2.09. The summed E-state index contributed by atoms with van der Waals surface area (Å²) in [6.07, 6.45) is 5.94. The third-order valence-corrected chi connectivity index (χ3v) is 3.35. The number of hydrogen-bond donors (Lipinski definition) is 1. The lowest BCUT2D eigenvalue weighted by Crippen LogP contribution is -2.21. The van der Waals surface area contributed by atoms with Crippen LogP contribution in [0.1, 0.15) is 24.5 Å². The zero-order valence-corrected chi connectivity index (χ0v) is 11.5. The van der Waals surface area contributed by atoms with Crippen molar-refractivity contribution in [1.29, 1.82) is 0 Å². The van der Waals surface area contributed by atoms with E-state index in [1.807, 2.05) is 6.20 Å². The zero-order chi connectivity index (χ0) is 14.5. The van der Waals surface area contributed by atoms with Crippen molar-refractivity contribution in [3.63, 3.8) is 0 Å². The van der Waals surface area contributed by atoms with Crippen LogP contribution in [0.2, 0.25) is 0 Å². The lowest BCUT2D eigenvalue weighted by Gasteiger charge is -2.06. The van der Waals surface area contributed by atoms with E-state index in [2.05, 4.69) is 23.8 Å². The van der Waals surface area contributed by atoms with E-state index in [0.717, 1.165) is 18.4 Å². The molecule has 0 aliphatic rings. The van der Waals surface area contributed by atoms with Gasteiger partial charge in [-0.15, -0.1) is 0 Å². The number of benzene rings is 1. The summed E-state index contributed by atoms with van der Waals surface area (Å²) in [6.45, 7) is 2.79. The van der Waals surface area contributed by atoms with Crippen LogP contribution in [0.3, 0.4) is 0 Å². The van der Waals surface area contributed by atoms with Crippen molar-refractivity contribution >= 4 is 5.69 Å². The van der Waals surface area contributed by atoms with E-state index in [1.165, 1.54) is 17.7 Å². The molecule has 0 bridgehead atoms. The molecule has 1 aromatic heterocycles. The second kappa shape index (κ2) is 6.34. The first-order valence-corrected chi connectivity index (χ1v) is 6.72. The Morgan fingerprint density at radius 1 is 1.25 bits per heavy atom. The van der Waals surface area contributed by atoms with E-state index in [1.54, 1.807) is 12.1 Å². The molecule has 1 atom stereocenters. The summed E-state index contributed by atoms with van der Waals surface area (Å²) in [5, 5.41) is 10.6. The van der Waals surface area contributed by atoms with Crippen molar-refractivity contribution in [2.24, 2.45) is 5.73 Å². The molecule has 5 nitrogen and oxygen atoms in total. The maximum absolute atomic E-state index is 10.6. The highest BCUT2D eigenvalue weighted by molar-refractivity contribution is 5.33. The first-order chi connectivity index (χ1) is 9.58. The van der Waals surface area contributed by atoms with Crippen LogP contribution < -0.4 is 5.73 Å². The Labute approximate surface area is 118 Å². The van der Waals surface area contributed by atoms with Gasteiger partial charge in [-0.05, 0) is 30.0 Å². The van der Waals surface area contributed by atoms with Gasteiger partial charge in [-0.3, -0.25) is 10.1 Å². The SMILES string of the molecule is CCC(N)Cc1ccn(Cc2ccc([N+](=O)[O-])cc2)c1. The van der Waals surface area contributed by atoms with Crippen molar-refractivity contribution in [3.05, 3.63) is 64.0 Å². The molecule has 2 N–H and O–H groups in total. The number of nitrogens with zero attached hydrogens (tertiary/aromatic N) is 2. The highest BCUT2D eigenvalue weighted by atomic mass is 16.6. The average molecular weight is 273 g/mol. The fourth-order valence-corrected chi connectivity index (χ4v) is 2.09. The average Bonchev–Trinajstić information content (AvgIpc) is 2.86. The monoisotopic (exact) mass is 273 g/mol. The smallest absolute Gasteiger partial charge is 0.269 e. The van der Waals surface area contributed by atoms with Gasteiger partial charge in [0, 0.05) is 37.1 Å². The molecule has 0 aliphatic heterocycles. The fraction of sp³-hybridized carbons (Fsp3) is 0.333. The summed E-state index contributed by atoms with van der Waals surface area (Å²) in [5.41, 5.74) is 8.32. The minimum Gasteiger partial charge on any atom is -0.350 e. The topological polar surface area (TPSA) is 74.1 Å². The maximum Gasteiger partial charge on any atom is 0.269 e. The number of nitro benzene ring substituents is 1. The van der Waals surface area contributed by atoms with E-state index < -0.39 is 0 Å². The standard InChI is InChI=1S/C15H19N3O2/c1-2-14(16)9-13-7-8-17(11-13)10-12-3-5-15(6-4-12)18(19)20/h3-8,11,14H,2,9-10,16H2,1H3. The summed E-state index contributed by atoms with van der Waals surface area (Å²) in [5.74, 6) is 0. The molecular formula is C15H19N3O2. The number of non-ortho nitro benzene ring substituents is 1. The molecule has 0 fully saturated rings. The van der Waals surface area contributed by atoms with E-state index in [0.29, 0.717) is 6.54 Å². The molecule has 0 saturated heterocycles. The van der Waals surface area contributed by atoms with Crippen molar-refractivity contribution in [3.8, 4) is 0 Å². The molecule has 0 saturated carbocycles. The molecule has 5 heteroatoms. The minimum absolute atomic E-state index is 0.121. The van der Waals surface area contributed by atoms with Gasteiger partial charge in [0.05, 0.1) is 4.92 Å². The zero-order valence-electron chi connectivity index (χ0n) is 11.5. The third kappa shape index (κ3) is 3.68. The summed E-state index contributed by atoms with van der Waals surface area (Å²) >= 11 is 0. The molecule has 1 heterocycles. The lowest BCUT2D eigenvalue weighted by molar-refractivity contribution is -0.384. The number of rotatable bonds is 6. The van der Waals surface area contributed by atoms with Gasteiger partial charge >= 0.3 is 0 Å². The second-order valence-corrected chi connectivity index (χ2v) is 4.99. The predicted molar refractivity (Wildman–Crippen MR) is 78.6 cm³/mol. The van der Waals surface area contributed by atoms with Crippen LogP contribution >= 0.6 is 0 Å². The first-order valence-electron chi connectivity index (χ1n) is 6.72. The van der Waals surface area contributed by atoms with Crippen LogP contribution in [0.15, 0.2) is 42.7 Å². The molecule has 0 amide bonds. The summed E-state index contributed by atoms with van der Waals surface area (Å²) in [7, 11) is 0. The van der Waals surface area contributed by atoms with Gasteiger partial charge in [-0.2, -0.15) is 0 Å². The van der Waals surface area contributed by atoms with Gasteiger partial charge in [-0.25, -0.2) is 0 Å². The third-order valence-electron chi connectivity index (χ3n) is 3.35. The van der Waals surface area contributed by atoms with Crippen LogP contribution in [0.4, 0.5) is 5.69 Å². The van der Waals surface area contributed by atoms with E-state index in [4.69, 9.17) is 5.73 Å². The van der Waals surface area contributed by atoms with Gasteiger partial charge in [0.2, 0.25) is 0 Å². The van der Waals surface area contributed by atoms with Crippen LogP contribution in [-0.4, -0.2) is 15.5 Å². The number of aromatic nitrogens is 1. The largest absolute Gasteiger partial charge is 0.350 e. The second-order valence-electron chi connectivity index (χ2n) is 4.99. The quantitative estimate of drug-likeness (QED) is 0.649. The molecule has 0 radical (unpaired) electrons. The Kier molecular flexibility index (Phi) is 4.53. The van der Waals surface area contributed by atoms with Crippen LogP contribution in [0.25, 0.3) is 0 Å². The van der Waals surface area contributed by atoms with E-state index in [-0.39, 0.29) is 16.7 Å². The number of nitro groups is 1. The highest BCUT2D eigenvalue weighted by Gasteiger charge is 2.06. The highest BCUT2D eigenvalue weighted by Crippen LogP contribution is 2.14. The van der Waals surface area contributed by atoms with Gasteiger partial charge in [-0.1, -0.05) is 19.1 Å². The lowest BCUT2D eigenvalue weighted by atomic mass is 10.1. The Hall–Kier alpha value is -2.14. The number of hydrogen-bond acceptors (Lipinski definition) is 3. The van der Waals surface area contributed by atoms with E-state index >= 15 is 0 Å². The van der Waals surface area contributed by atoms with Crippen LogP contribution in [0, 0.1) is 10.1 Å². The van der Waals surface area contributed by atoms with E-state index in [9.17, 15) is 10.1 Å². The molecule has 2 aromatic rings. The Bertz CT molecular complexity index is 575. The molecule has 1 aromatic carbocycles. The minimum atomic E-state index is -0.385. The Morgan fingerprint density at radius 2 is 1.95 bits per heavy atom. The van der Waals surface area contributed by atoms with Gasteiger partial charge in [0.15, 0.2) is 0 Å². The Morgan fingerprint density at radius 3 is 2.55 bits per heavy atom.